The lowest BCUT2D eigenvalue weighted by Crippen LogP contribution is -2.31. The third kappa shape index (κ3) is 1.28. The fourth-order valence-electron chi connectivity index (χ4n) is 1.73. The molecule has 2 heterocycles. The highest BCUT2D eigenvalue weighted by molar-refractivity contribution is 7.77. The third-order valence-electron chi connectivity index (χ3n) is 2.33. The van der Waals surface area contributed by atoms with Gasteiger partial charge in [-0.1, -0.05) is 12.8 Å². The smallest absolute Gasteiger partial charge is 0.183 e. The molecule has 0 aromatic heterocycles. The molecule has 64 valence electrons. The summed E-state index contributed by atoms with van der Waals surface area (Å²) in [5.74, 6) is -0.318. The van der Waals surface area contributed by atoms with Gasteiger partial charge in [-0.15, -0.1) is 0 Å². The minimum Gasteiger partial charge on any atom is -0.346 e. The van der Waals surface area contributed by atoms with Crippen LogP contribution >= 0.6 is 12.8 Å². The van der Waals surface area contributed by atoms with Crippen molar-refractivity contribution < 1.29 is 9.47 Å². The molecule has 2 fully saturated rings. The topological polar surface area (TPSA) is 21.7 Å². The molecule has 11 heavy (non-hydrogen) atoms. The van der Waals surface area contributed by atoms with E-state index >= 15 is 0 Å². The van der Waals surface area contributed by atoms with Crippen LogP contribution in [0.5, 0.6) is 0 Å². The summed E-state index contributed by atoms with van der Waals surface area (Å²) in [6.45, 7) is 4.38. The first kappa shape index (κ1) is 7.86. The van der Waals surface area contributed by atoms with E-state index in [2.05, 4.69) is 19.7 Å². The van der Waals surface area contributed by atoms with Crippen LogP contribution < -0.4 is 0 Å². The van der Waals surface area contributed by atoms with Crippen molar-refractivity contribution in [2.24, 2.45) is 0 Å². The van der Waals surface area contributed by atoms with E-state index in [9.17, 15) is 0 Å². The Labute approximate surface area is 72.2 Å². The summed E-state index contributed by atoms with van der Waals surface area (Å²) >= 11 is 4.31. The zero-order chi connectivity index (χ0) is 7.90. The van der Waals surface area contributed by atoms with E-state index in [0.717, 1.165) is 26.2 Å². The Morgan fingerprint density at radius 1 is 1.45 bits per heavy atom. The maximum Gasteiger partial charge on any atom is 0.183 e. The van der Waals surface area contributed by atoms with E-state index in [1.807, 2.05) is 4.31 Å². The van der Waals surface area contributed by atoms with Crippen molar-refractivity contribution >= 4 is 12.8 Å². The van der Waals surface area contributed by atoms with Gasteiger partial charge in [0.05, 0.1) is 19.8 Å². The summed E-state index contributed by atoms with van der Waals surface area (Å²) in [7, 11) is 0. The second-order valence-corrected chi connectivity index (χ2v) is 3.77. The van der Waals surface area contributed by atoms with Gasteiger partial charge >= 0.3 is 0 Å². The average molecular weight is 175 g/mol. The van der Waals surface area contributed by atoms with Crippen molar-refractivity contribution in [3.8, 4) is 0 Å². The standard InChI is InChI=1S/C7H13NO2S/c1-6-4-7(5-8(6)11)9-2-3-10-7/h6,11H,2-5H2,1H3. The molecule has 2 rings (SSSR count). The van der Waals surface area contributed by atoms with Crippen LogP contribution in [0.2, 0.25) is 0 Å². The molecule has 0 radical (unpaired) electrons. The number of hydrogen-bond acceptors (Lipinski definition) is 4. The lowest BCUT2D eigenvalue weighted by molar-refractivity contribution is -0.142. The molecule has 0 N–H and O–H groups in total. The Balaban J connectivity index is 2.06. The van der Waals surface area contributed by atoms with Gasteiger partial charge in [0.2, 0.25) is 0 Å². The number of nitrogens with zero attached hydrogens (tertiary/aromatic N) is 1. The second-order valence-electron chi connectivity index (χ2n) is 3.26. The molecule has 0 aliphatic carbocycles. The van der Waals surface area contributed by atoms with E-state index in [1.54, 1.807) is 0 Å². The van der Waals surface area contributed by atoms with Crippen LogP contribution in [-0.2, 0) is 9.47 Å². The molecule has 1 unspecified atom stereocenters. The average Bonchev–Trinajstić information content (AvgIpc) is 2.46. The highest BCUT2D eigenvalue weighted by atomic mass is 32.1. The first-order chi connectivity index (χ1) is 5.22. The van der Waals surface area contributed by atoms with Crippen LogP contribution in [0, 0.1) is 0 Å². The number of hydrogen-bond donors (Lipinski definition) is 1. The molecule has 0 bridgehead atoms. The summed E-state index contributed by atoms with van der Waals surface area (Å²) < 4.78 is 13.0. The predicted molar refractivity (Wildman–Crippen MR) is 44.4 cm³/mol. The Morgan fingerprint density at radius 2 is 2.09 bits per heavy atom. The van der Waals surface area contributed by atoms with Crippen molar-refractivity contribution in [3.05, 3.63) is 0 Å². The maximum absolute atomic E-state index is 5.53. The lowest BCUT2D eigenvalue weighted by Gasteiger charge is -2.20. The van der Waals surface area contributed by atoms with Gasteiger partial charge in [-0.05, 0) is 6.92 Å². The van der Waals surface area contributed by atoms with Crippen molar-refractivity contribution in [1.82, 2.24) is 4.31 Å². The molecule has 0 saturated carbocycles. The van der Waals surface area contributed by atoms with Gasteiger partial charge in [0.25, 0.3) is 0 Å². The molecule has 0 amide bonds. The minimum atomic E-state index is -0.318. The van der Waals surface area contributed by atoms with E-state index in [-0.39, 0.29) is 5.79 Å². The highest BCUT2D eigenvalue weighted by Crippen LogP contribution is 2.34. The number of thiol groups is 1. The molecule has 1 atom stereocenters. The highest BCUT2D eigenvalue weighted by Gasteiger charge is 2.45. The maximum atomic E-state index is 5.53. The first-order valence-electron chi connectivity index (χ1n) is 3.95. The van der Waals surface area contributed by atoms with Crippen molar-refractivity contribution in [1.29, 1.82) is 0 Å². The van der Waals surface area contributed by atoms with Crippen LogP contribution in [0.3, 0.4) is 0 Å². The van der Waals surface area contributed by atoms with Gasteiger partial charge in [-0.3, -0.25) is 0 Å². The first-order valence-corrected chi connectivity index (χ1v) is 4.35. The van der Waals surface area contributed by atoms with Crippen LogP contribution in [0.15, 0.2) is 0 Å². The van der Waals surface area contributed by atoms with Gasteiger partial charge < -0.3 is 9.47 Å². The summed E-state index contributed by atoms with van der Waals surface area (Å²) in [4.78, 5) is 0. The van der Waals surface area contributed by atoms with Gasteiger partial charge in [-0.25, -0.2) is 4.31 Å². The molecule has 0 aromatic carbocycles. The Morgan fingerprint density at radius 3 is 2.55 bits per heavy atom. The van der Waals surface area contributed by atoms with E-state index in [0.29, 0.717) is 6.04 Å². The molecule has 3 nitrogen and oxygen atoms in total. The number of ether oxygens (including phenoxy) is 2. The third-order valence-corrected chi connectivity index (χ3v) is 2.87. The Bertz CT molecular complexity index is 147. The van der Waals surface area contributed by atoms with Crippen molar-refractivity contribution in [3.63, 3.8) is 0 Å². The monoisotopic (exact) mass is 175 g/mol. The predicted octanol–water partition coefficient (Wildman–Crippen LogP) is 0.669. The minimum absolute atomic E-state index is 0.318. The summed E-state index contributed by atoms with van der Waals surface area (Å²) in [6.07, 6.45) is 0.941. The van der Waals surface area contributed by atoms with E-state index in [1.165, 1.54) is 0 Å². The van der Waals surface area contributed by atoms with Crippen LogP contribution in [0.25, 0.3) is 0 Å². The van der Waals surface area contributed by atoms with E-state index in [4.69, 9.17) is 9.47 Å². The normalized spacial score (nSPS) is 37.1. The molecule has 1 spiro atoms. The lowest BCUT2D eigenvalue weighted by atomic mass is 10.2. The summed E-state index contributed by atoms with van der Waals surface area (Å²) in [5, 5.41) is 0. The molecule has 2 aliphatic rings. The molecule has 0 aromatic rings. The Kier molecular flexibility index (Phi) is 1.87. The van der Waals surface area contributed by atoms with Gasteiger partial charge in [-0.2, -0.15) is 0 Å². The zero-order valence-corrected chi connectivity index (χ0v) is 7.51. The van der Waals surface area contributed by atoms with Crippen LogP contribution in [0.4, 0.5) is 0 Å². The molecular formula is C7H13NO2S. The van der Waals surface area contributed by atoms with Crippen LogP contribution in [-0.4, -0.2) is 35.9 Å². The molecule has 2 saturated heterocycles. The quantitative estimate of drug-likeness (QED) is 0.547. The number of rotatable bonds is 0. The van der Waals surface area contributed by atoms with Gasteiger partial charge in [0, 0.05) is 12.5 Å². The van der Waals surface area contributed by atoms with Crippen LogP contribution in [0.1, 0.15) is 13.3 Å². The second kappa shape index (κ2) is 2.62. The fraction of sp³-hybridized carbons (Fsp3) is 1.00. The van der Waals surface area contributed by atoms with Crippen molar-refractivity contribution in [2.45, 2.75) is 25.2 Å². The Hall–Kier alpha value is 0.230. The van der Waals surface area contributed by atoms with Gasteiger partial charge in [0.1, 0.15) is 0 Å². The van der Waals surface area contributed by atoms with Gasteiger partial charge in [0.15, 0.2) is 5.79 Å². The van der Waals surface area contributed by atoms with Crippen molar-refractivity contribution in [2.75, 3.05) is 19.8 Å². The zero-order valence-electron chi connectivity index (χ0n) is 6.62. The summed E-state index contributed by atoms with van der Waals surface area (Å²) in [5.41, 5.74) is 0. The largest absolute Gasteiger partial charge is 0.346 e. The van der Waals surface area contributed by atoms with E-state index < -0.39 is 0 Å². The molecule has 4 heteroatoms. The molecular weight excluding hydrogens is 162 g/mol. The molecule has 2 aliphatic heterocycles. The summed E-state index contributed by atoms with van der Waals surface area (Å²) in [6, 6.07) is 0.455. The fourth-order valence-corrected chi connectivity index (χ4v) is 2.03. The SMILES string of the molecule is CC1CC2(CN1S)OCCO2.